The van der Waals surface area contributed by atoms with Gasteiger partial charge in [-0.3, -0.25) is 9.69 Å². The smallest absolute Gasteiger partial charge is 0.322 e. The summed E-state index contributed by atoms with van der Waals surface area (Å²) < 4.78 is 0. The molecule has 0 aromatic heterocycles. The van der Waals surface area contributed by atoms with Crippen LogP contribution >= 0.6 is 11.8 Å². The van der Waals surface area contributed by atoms with E-state index >= 15 is 0 Å². The van der Waals surface area contributed by atoms with E-state index in [9.17, 15) is 4.79 Å². The lowest BCUT2D eigenvalue weighted by molar-refractivity contribution is -0.143. The van der Waals surface area contributed by atoms with Crippen LogP contribution in [0.3, 0.4) is 0 Å². The molecule has 5 heteroatoms. The molecule has 4 nitrogen and oxygen atoms in total. The number of nitrogens with zero attached hydrogens (tertiary/aromatic N) is 1. The van der Waals surface area contributed by atoms with Crippen molar-refractivity contribution in [2.75, 3.05) is 18.8 Å². The van der Waals surface area contributed by atoms with Crippen LogP contribution in [0.5, 0.6) is 0 Å². The van der Waals surface area contributed by atoms with Crippen LogP contribution in [0.4, 0.5) is 0 Å². The predicted molar refractivity (Wildman–Crippen MR) is 58.6 cm³/mol. The lowest BCUT2D eigenvalue weighted by Gasteiger charge is -2.40. The Morgan fingerprint density at radius 1 is 1.71 bits per heavy atom. The van der Waals surface area contributed by atoms with E-state index in [1.165, 1.54) is 0 Å². The van der Waals surface area contributed by atoms with Crippen molar-refractivity contribution in [3.05, 3.63) is 0 Å². The zero-order chi connectivity index (χ0) is 10.7. The Labute approximate surface area is 88.8 Å². The number of carbonyl (C=O) groups is 1. The molecule has 1 aliphatic rings. The number of carboxylic acid groups (broad SMARTS) is 1. The summed E-state index contributed by atoms with van der Waals surface area (Å²) in [6.07, 6.45) is 0. The number of aliphatic carboxylic acids is 1. The van der Waals surface area contributed by atoms with Gasteiger partial charge in [-0.15, -0.1) is 0 Å². The van der Waals surface area contributed by atoms with E-state index in [0.29, 0.717) is 11.3 Å². The maximum Gasteiger partial charge on any atom is 0.322 e. The van der Waals surface area contributed by atoms with Crippen molar-refractivity contribution in [2.24, 2.45) is 5.73 Å². The van der Waals surface area contributed by atoms with Crippen molar-refractivity contribution in [1.29, 1.82) is 0 Å². The molecule has 3 N–H and O–H groups in total. The van der Waals surface area contributed by atoms with Gasteiger partial charge in [0.25, 0.3) is 0 Å². The van der Waals surface area contributed by atoms with Crippen molar-refractivity contribution in [2.45, 2.75) is 31.2 Å². The van der Waals surface area contributed by atoms with Gasteiger partial charge in [0.1, 0.15) is 6.04 Å². The summed E-state index contributed by atoms with van der Waals surface area (Å²) in [5.41, 5.74) is 5.48. The molecule has 0 saturated carbocycles. The van der Waals surface area contributed by atoms with Gasteiger partial charge in [-0.05, 0) is 6.92 Å². The minimum Gasteiger partial charge on any atom is -0.480 e. The molecule has 0 bridgehead atoms. The maximum atomic E-state index is 11.0. The predicted octanol–water partition coefficient (Wildman–Crippen LogP) is 0.224. The molecule has 1 fully saturated rings. The first-order chi connectivity index (χ1) is 6.57. The Morgan fingerprint density at radius 3 is 2.86 bits per heavy atom. The lowest BCUT2D eigenvalue weighted by atomic mass is 10.1. The largest absolute Gasteiger partial charge is 0.480 e. The molecule has 1 aliphatic heterocycles. The van der Waals surface area contributed by atoms with Crippen molar-refractivity contribution in [1.82, 2.24) is 4.90 Å². The van der Waals surface area contributed by atoms with Crippen molar-refractivity contribution >= 4 is 17.7 Å². The van der Waals surface area contributed by atoms with Crippen LogP contribution in [0.15, 0.2) is 0 Å². The zero-order valence-electron chi connectivity index (χ0n) is 8.64. The Hall–Kier alpha value is -0.260. The molecule has 0 aromatic carbocycles. The van der Waals surface area contributed by atoms with E-state index in [-0.39, 0.29) is 6.54 Å². The highest BCUT2D eigenvalue weighted by atomic mass is 32.2. The maximum absolute atomic E-state index is 11.0. The van der Waals surface area contributed by atoms with Crippen LogP contribution in [0, 0.1) is 0 Å². The van der Waals surface area contributed by atoms with Crippen molar-refractivity contribution < 1.29 is 9.90 Å². The zero-order valence-corrected chi connectivity index (χ0v) is 9.46. The molecule has 1 rings (SSSR count). The van der Waals surface area contributed by atoms with E-state index in [2.05, 4.69) is 13.8 Å². The van der Waals surface area contributed by atoms with Crippen molar-refractivity contribution in [3.8, 4) is 0 Å². The summed E-state index contributed by atoms with van der Waals surface area (Å²) in [4.78, 5) is 13.0. The Balaban J connectivity index is 2.68. The average Bonchev–Trinajstić information content (AvgIpc) is 2.13. The molecule has 82 valence electrons. The van der Waals surface area contributed by atoms with Gasteiger partial charge in [0, 0.05) is 30.1 Å². The van der Waals surface area contributed by atoms with Gasteiger partial charge in [-0.25, -0.2) is 0 Å². The molecule has 0 aliphatic carbocycles. The van der Waals surface area contributed by atoms with Gasteiger partial charge in [-0.1, -0.05) is 6.92 Å². The highest BCUT2D eigenvalue weighted by Crippen LogP contribution is 2.25. The SMILES string of the molecule is CC1SCCN(C(CN)C(=O)O)C1C. The van der Waals surface area contributed by atoms with E-state index in [1.54, 1.807) is 0 Å². The minimum absolute atomic E-state index is 0.192. The van der Waals surface area contributed by atoms with Crippen LogP contribution in [0.25, 0.3) is 0 Å². The molecule has 0 amide bonds. The first-order valence-corrected chi connectivity index (χ1v) is 5.93. The number of carboxylic acids is 1. The summed E-state index contributed by atoms with van der Waals surface area (Å²) in [5.74, 6) is 0.188. The topological polar surface area (TPSA) is 66.6 Å². The summed E-state index contributed by atoms with van der Waals surface area (Å²) in [5, 5.41) is 9.48. The van der Waals surface area contributed by atoms with Gasteiger partial charge in [0.2, 0.25) is 0 Å². The molecular weight excluding hydrogens is 200 g/mol. The molecule has 1 saturated heterocycles. The third-order valence-electron chi connectivity index (χ3n) is 2.84. The normalized spacial score (nSPS) is 31.4. The summed E-state index contributed by atoms with van der Waals surface area (Å²) in [6, 6.07) is -0.230. The standard InChI is InChI=1S/C9H18N2O2S/c1-6-7(2)14-4-3-11(6)8(5-10)9(12)13/h6-8H,3-5,10H2,1-2H3,(H,12,13). The molecule has 3 unspecified atom stereocenters. The number of rotatable bonds is 3. The average molecular weight is 218 g/mol. The Morgan fingerprint density at radius 2 is 2.36 bits per heavy atom. The van der Waals surface area contributed by atoms with E-state index < -0.39 is 12.0 Å². The van der Waals surface area contributed by atoms with Crippen LogP contribution < -0.4 is 5.73 Å². The summed E-state index contributed by atoms with van der Waals surface area (Å²) in [6.45, 7) is 5.22. The van der Waals surface area contributed by atoms with Gasteiger partial charge in [0.15, 0.2) is 0 Å². The number of hydrogen-bond acceptors (Lipinski definition) is 4. The second kappa shape index (κ2) is 5.00. The van der Waals surface area contributed by atoms with Gasteiger partial charge in [0.05, 0.1) is 0 Å². The third kappa shape index (κ3) is 2.40. The van der Waals surface area contributed by atoms with Crippen LogP contribution in [-0.2, 0) is 4.79 Å². The number of nitrogens with two attached hydrogens (primary N) is 1. The van der Waals surface area contributed by atoms with Crippen LogP contribution in [-0.4, -0.2) is 52.2 Å². The van der Waals surface area contributed by atoms with E-state index in [0.717, 1.165) is 12.3 Å². The van der Waals surface area contributed by atoms with Crippen LogP contribution in [0.1, 0.15) is 13.8 Å². The fourth-order valence-corrected chi connectivity index (χ4v) is 2.90. The first-order valence-electron chi connectivity index (χ1n) is 4.88. The van der Waals surface area contributed by atoms with Gasteiger partial charge in [-0.2, -0.15) is 11.8 Å². The Bertz CT molecular complexity index is 213. The second-order valence-corrected chi connectivity index (χ2v) is 5.13. The number of thioether (sulfide) groups is 1. The highest BCUT2D eigenvalue weighted by Gasteiger charge is 2.33. The first kappa shape index (κ1) is 11.8. The molecule has 14 heavy (non-hydrogen) atoms. The lowest BCUT2D eigenvalue weighted by Crippen LogP contribution is -2.55. The number of hydrogen-bond donors (Lipinski definition) is 2. The second-order valence-electron chi connectivity index (χ2n) is 3.64. The molecule has 0 radical (unpaired) electrons. The minimum atomic E-state index is -0.807. The third-order valence-corrected chi connectivity index (χ3v) is 4.18. The molecule has 3 atom stereocenters. The van der Waals surface area contributed by atoms with Crippen LogP contribution in [0.2, 0.25) is 0 Å². The van der Waals surface area contributed by atoms with E-state index in [1.807, 2.05) is 16.7 Å². The monoisotopic (exact) mass is 218 g/mol. The fourth-order valence-electron chi connectivity index (χ4n) is 1.77. The van der Waals surface area contributed by atoms with Crippen molar-refractivity contribution in [3.63, 3.8) is 0 Å². The fraction of sp³-hybridized carbons (Fsp3) is 0.889. The quantitative estimate of drug-likeness (QED) is 0.709. The molecule has 1 heterocycles. The summed E-state index contributed by atoms with van der Waals surface area (Å²) in [7, 11) is 0. The molecule has 0 spiro atoms. The molecular formula is C9H18N2O2S. The highest BCUT2D eigenvalue weighted by molar-refractivity contribution is 8.00. The van der Waals surface area contributed by atoms with E-state index in [4.69, 9.17) is 10.8 Å². The summed E-state index contributed by atoms with van der Waals surface area (Å²) >= 11 is 1.89. The molecule has 0 aromatic rings. The Kier molecular flexibility index (Phi) is 4.22. The van der Waals surface area contributed by atoms with Gasteiger partial charge >= 0.3 is 5.97 Å². The van der Waals surface area contributed by atoms with Gasteiger partial charge < -0.3 is 10.8 Å².